The SMILES string of the molecule is Cc1ccc2oc(C3CCC3CN)cc2c1. The summed E-state index contributed by atoms with van der Waals surface area (Å²) in [7, 11) is 0. The van der Waals surface area contributed by atoms with E-state index < -0.39 is 0 Å². The molecule has 1 heterocycles. The molecular weight excluding hydrogens is 198 g/mol. The van der Waals surface area contributed by atoms with Gasteiger partial charge in [-0.05, 0) is 50.4 Å². The van der Waals surface area contributed by atoms with Crippen LogP contribution in [0.4, 0.5) is 0 Å². The summed E-state index contributed by atoms with van der Waals surface area (Å²) in [5.74, 6) is 2.31. The van der Waals surface area contributed by atoms with Crippen molar-refractivity contribution in [3.63, 3.8) is 0 Å². The van der Waals surface area contributed by atoms with E-state index in [1.807, 2.05) is 0 Å². The fourth-order valence-electron chi connectivity index (χ4n) is 2.59. The molecule has 2 unspecified atom stereocenters. The number of benzene rings is 1. The molecule has 0 aliphatic heterocycles. The summed E-state index contributed by atoms with van der Waals surface area (Å²) in [6.45, 7) is 2.89. The average Bonchev–Trinajstić information content (AvgIpc) is 2.58. The van der Waals surface area contributed by atoms with Crippen molar-refractivity contribution in [2.45, 2.75) is 25.7 Å². The Balaban J connectivity index is 1.99. The first-order chi connectivity index (χ1) is 7.78. The van der Waals surface area contributed by atoms with E-state index in [0.717, 1.165) is 17.9 Å². The summed E-state index contributed by atoms with van der Waals surface area (Å²) in [5, 5.41) is 1.22. The molecule has 1 aliphatic rings. The van der Waals surface area contributed by atoms with Gasteiger partial charge in [0.15, 0.2) is 0 Å². The monoisotopic (exact) mass is 215 g/mol. The summed E-state index contributed by atoms with van der Waals surface area (Å²) in [6.07, 6.45) is 2.47. The molecule has 2 N–H and O–H groups in total. The van der Waals surface area contributed by atoms with Gasteiger partial charge in [-0.2, -0.15) is 0 Å². The van der Waals surface area contributed by atoms with E-state index in [1.165, 1.54) is 23.8 Å². The first kappa shape index (κ1) is 9.91. The molecule has 2 heteroatoms. The van der Waals surface area contributed by atoms with E-state index in [1.54, 1.807) is 0 Å². The Bertz CT molecular complexity index is 512. The van der Waals surface area contributed by atoms with Gasteiger partial charge in [-0.1, -0.05) is 11.6 Å². The fraction of sp³-hybridized carbons (Fsp3) is 0.429. The van der Waals surface area contributed by atoms with Crippen LogP contribution in [-0.4, -0.2) is 6.54 Å². The fourth-order valence-corrected chi connectivity index (χ4v) is 2.59. The van der Waals surface area contributed by atoms with Crippen molar-refractivity contribution in [2.75, 3.05) is 6.54 Å². The van der Waals surface area contributed by atoms with Crippen molar-refractivity contribution < 1.29 is 4.42 Å². The summed E-state index contributed by atoms with van der Waals surface area (Å²) < 4.78 is 5.90. The Kier molecular flexibility index (Phi) is 2.25. The van der Waals surface area contributed by atoms with Crippen molar-refractivity contribution in [3.05, 3.63) is 35.6 Å². The third-order valence-electron chi connectivity index (χ3n) is 3.78. The Hall–Kier alpha value is -1.28. The molecular formula is C14H17NO. The van der Waals surface area contributed by atoms with E-state index in [2.05, 4.69) is 31.2 Å². The minimum Gasteiger partial charge on any atom is -0.461 e. The van der Waals surface area contributed by atoms with E-state index in [9.17, 15) is 0 Å². The minimum atomic E-state index is 0.553. The Morgan fingerprint density at radius 3 is 2.88 bits per heavy atom. The lowest BCUT2D eigenvalue weighted by atomic mass is 9.72. The molecule has 84 valence electrons. The molecule has 1 saturated carbocycles. The number of rotatable bonds is 2. The van der Waals surface area contributed by atoms with Crippen molar-refractivity contribution >= 4 is 11.0 Å². The molecule has 0 amide bonds. The van der Waals surface area contributed by atoms with Gasteiger partial charge < -0.3 is 10.2 Å². The lowest BCUT2D eigenvalue weighted by molar-refractivity contribution is 0.233. The second-order valence-corrected chi connectivity index (χ2v) is 4.87. The van der Waals surface area contributed by atoms with Crippen molar-refractivity contribution in [1.29, 1.82) is 0 Å². The lowest BCUT2D eigenvalue weighted by Gasteiger charge is -2.34. The van der Waals surface area contributed by atoms with Gasteiger partial charge in [-0.15, -0.1) is 0 Å². The van der Waals surface area contributed by atoms with E-state index in [4.69, 9.17) is 10.2 Å². The molecule has 0 spiro atoms. The smallest absolute Gasteiger partial charge is 0.134 e. The third kappa shape index (κ3) is 1.45. The molecule has 2 nitrogen and oxygen atoms in total. The number of nitrogens with two attached hydrogens (primary N) is 1. The topological polar surface area (TPSA) is 39.2 Å². The zero-order valence-corrected chi connectivity index (χ0v) is 9.57. The summed E-state index contributed by atoms with van der Waals surface area (Å²) in [4.78, 5) is 0. The first-order valence-electron chi connectivity index (χ1n) is 5.98. The summed E-state index contributed by atoms with van der Waals surface area (Å²) in [5.41, 5.74) is 8.02. The van der Waals surface area contributed by atoms with Gasteiger partial charge in [0.2, 0.25) is 0 Å². The van der Waals surface area contributed by atoms with Crippen LogP contribution in [0.3, 0.4) is 0 Å². The van der Waals surface area contributed by atoms with Crippen LogP contribution in [0.5, 0.6) is 0 Å². The predicted octanol–water partition coefficient (Wildman–Crippen LogP) is 3.19. The van der Waals surface area contributed by atoms with Gasteiger partial charge >= 0.3 is 0 Å². The van der Waals surface area contributed by atoms with Crippen LogP contribution in [0.15, 0.2) is 28.7 Å². The molecule has 1 aromatic heterocycles. The van der Waals surface area contributed by atoms with Crippen LogP contribution in [0.25, 0.3) is 11.0 Å². The summed E-state index contributed by atoms with van der Waals surface area (Å²) >= 11 is 0. The summed E-state index contributed by atoms with van der Waals surface area (Å²) in [6, 6.07) is 8.52. The van der Waals surface area contributed by atoms with Crippen LogP contribution >= 0.6 is 0 Å². The van der Waals surface area contributed by atoms with Crippen LogP contribution < -0.4 is 5.73 Å². The maximum Gasteiger partial charge on any atom is 0.134 e. The number of hydrogen-bond acceptors (Lipinski definition) is 2. The largest absolute Gasteiger partial charge is 0.461 e. The Morgan fingerprint density at radius 2 is 2.19 bits per heavy atom. The van der Waals surface area contributed by atoms with Crippen molar-refractivity contribution in [2.24, 2.45) is 11.7 Å². The molecule has 16 heavy (non-hydrogen) atoms. The maximum atomic E-state index is 5.90. The molecule has 0 saturated heterocycles. The lowest BCUT2D eigenvalue weighted by Crippen LogP contribution is -2.30. The third-order valence-corrected chi connectivity index (χ3v) is 3.78. The maximum absolute atomic E-state index is 5.90. The van der Waals surface area contributed by atoms with E-state index in [-0.39, 0.29) is 0 Å². The molecule has 2 atom stereocenters. The molecule has 3 rings (SSSR count). The highest BCUT2D eigenvalue weighted by Crippen LogP contribution is 2.43. The highest BCUT2D eigenvalue weighted by atomic mass is 16.3. The molecule has 1 fully saturated rings. The predicted molar refractivity (Wildman–Crippen MR) is 65.5 cm³/mol. The zero-order valence-electron chi connectivity index (χ0n) is 9.57. The molecule has 0 bridgehead atoms. The van der Waals surface area contributed by atoms with Crippen LogP contribution in [0.1, 0.15) is 30.1 Å². The van der Waals surface area contributed by atoms with Crippen molar-refractivity contribution in [3.8, 4) is 0 Å². The molecule has 0 radical (unpaired) electrons. The van der Waals surface area contributed by atoms with Crippen LogP contribution in [0.2, 0.25) is 0 Å². The normalized spacial score (nSPS) is 24.6. The number of hydrogen-bond donors (Lipinski definition) is 1. The second kappa shape index (κ2) is 3.63. The average molecular weight is 215 g/mol. The number of furan rings is 1. The minimum absolute atomic E-state index is 0.553. The molecule has 2 aromatic rings. The molecule has 1 aromatic carbocycles. The number of aryl methyl sites for hydroxylation is 1. The zero-order chi connectivity index (χ0) is 11.1. The van der Waals surface area contributed by atoms with Gasteiger partial charge in [-0.25, -0.2) is 0 Å². The van der Waals surface area contributed by atoms with Gasteiger partial charge in [0.1, 0.15) is 11.3 Å². The van der Waals surface area contributed by atoms with Gasteiger partial charge in [0, 0.05) is 11.3 Å². The molecule has 1 aliphatic carbocycles. The van der Waals surface area contributed by atoms with E-state index in [0.29, 0.717) is 11.8 Å². The quantitative estimate of drug-likeness (QED) is 0.835. The van der Waals surface area contributed by atoms with Gasteiger partial charge in [-0.3, -0.25) is 0 Å². The highest BCUT2D eigenvalue weighted by molar-refractivity contribution is 5.78. The van der Waals surface area contributed by atoms with Crippen molar-refractivity contribution in [1.82, 2.24) is 0 Å². The standard InChI is InChI=1S/C14H17NO/c1-9-2-5-13-11(6-9)7-14(16-13)12-4-3-10(12)8-15/h2,5-7,10,12H,3-4,8,15H2,1H3. The first-order valence-corrected chi connectivity index (χ1v) is 5.98. The van der Waals surface area contributed by atoms with Crippen LogP contribution in [-0.2, 0) is 0 Å². The van der Waals surface area contributed by atoms with E-state index >= 15 is 0 Å². The highest BCUT2D eigenvalue weighted by Gasteiger charge is 2.33. The van der Waals surface area contributed by atoms with Gasteiger partial charge in [0.05, 0.1) is 0 Å². The van der Waals surface area contributed by atoms with Crippen LogP contribution in [0, 0.1) is 12.8 Å². The number of fused-ring (bicyclic) bond motifs is 1. The van der Waals surface area contributed by atoms with Gasteiger partial charge in [0.25, 0.3) is 0 Å². The second-order valence-electron chi connectivity index (χ2n) is 4.87. The Labute approximate surface area is 95.4 Å². The Morgan fingerprint density at radius 1 is 1.31 bits per heavy atom.